The summed E-state index contributed by atoms with van der Waals surface area (Å²) in [4.78, 5) is 13.9. The molecule has 0 bridgehead atoms. The first kappa shape index (κ1) is 16.5. The van der Waals surface area contributed by atoms with Gasteiger partial charge in [-0.1, -0.05) is 0 Å². The van der Waals surface area contributed by atoms with Crippen LogP contribution in [0.3, 0.4) is 0 Å². The second-order valence-electron chi connectivity index (χ2n) is 6.91. The summed E-state index contributed by atoms with van der Waals surface area (Å²) in [6.07, 6.45) is 3.55. The van der Waals surface area contributed by atoms with Crippen molar-refractivity contribution in [1.82, 2.24) is 4.90 Å². The van der Waals surface area contributed by atoms with Crippen molar-refractivity contribution < 1.29 is 14.1 Å². The summed E-state index contributed by atoms with van der Waals surface area (Å²) in [6, 6.07) is 0. The molecule has 0 aromatic heterocycles. The Balaban J connectivity index is 2.08. The van der Waals surface area contributed by atoms with E-state index in [0.717, 1.165) is 24.2 Å². The summed E-state index contributed by atoms with van der Waals surface area (Å²) in [7, 11) is 0. The van der Waals surface area contributed by atoms with Crippen LogP contribution in [0.5, 0.6) is 0 Å². The van der Waals surface area contributed by atoms with E-state index in [9.17, 15) is 4.79 Å². The van der Waals surface area contributed by atoms with Gasteiger partial charge in [-0.05, 0) is 46.8 Å². The first-order valence-corrected chi connectivity index (χ1v) is 7.73. The quantitative estimate of drug-likeness (QED) is 0.552. The zero-order chi connectivity index (χ0) is 16.5. The number of rotatable bonds is 0. The van der Waals surface area contributed by atoms with Gasteiger partial charge in [0.2, 0.25) is 5.71 Å². The number of allylic oxidation sites excluding steroid dienone is 4. The van der Waals surface area contributed by atoms with Gasteiger partial charge in [-0.3, -0.25) is 4.90 Å². The number of nitrogens with one attached hydrogen (secondary N) is 1. The van der Waals surface area contributed by atoms with Crippen LogP contribution in [0.25, 0.3) is 0 Å². The molecule has 0 radical (unpaired) electrons. The van der Waals surface area contributed by atoms with Crippen molar-refractivity contribution in [1.29, 1.82) is 5.41 Å². The van der Waals surface area contributed by atoms with Crippen LogP contribution in [0.4, 0.5) is 4.79 Å². The van der Waals surface area contributed by atoms with Crippen LogP contribution >= 0.6 is 0 Å². The van der Waals surface area contributed by atoms with E-state index < -0.39 is 5.60 Å². The summed E-state index contributed by atoms with van der Waals surface area (Å²) in [6.45, 7) is 12.6. The van der Waals surface area contributed by atoms with Crippen LogP contribution in [0.2, 0.25) is 0 Å². The molecular weight excluding hydrogens is 278 g/mol. The highest BCUT2D eigenvalue weighted by molar-refractivity contribution is 6.20. The molecule has 0 unspecified atom stereocenters. The zero-order valence-electron chi connectivity index (χ0n) is 14.2. The Morgan fingerprint density at radius 1 is 1.18 bits per heavy atom. The van der Waals surface area contributed by atoms with Crippen molar-refractivity contribution in [3.63, 3.8) is 0 Å². The molecule has 5 heteroatoms. The molecule has 1 N–H and O–H groups in total. The summed E-state index contributed by atoms with van der Waals surface area (Å²) in [5, 5.41) is 7.77. The molecule has 0 spiro atoms. The number of ether oxygens (including phenoxy) is 1. The van der Waals surface area contributed by atoms with E-state index in [4.69, 9.17) is 10.1 Å². The van der Waals surface area contributed by atoms with E-state index >= 15 is 0 Å². The molecule has 120 valence electrons. The molecule has 1 fully saturated rings. The van der Waals surface area contributed by atoms with Gasteiger partial charge in [0.25, 0.3) is 0 Å². The molecule has 1 saturated heterocycles. The van der Waals surface area contributed by atoms with Crippen molar-refractivity contribution >= 4 is 17.5 Å². The largest absolute Gasteiger partial charge is 0.444 e. The maximum atomic E-state index is 12.1. The number of nitrogens with zero attached hydrogens (tertiary/aromatic N) is 2. The average molecular weight is 304 g/mol. The van der Waals surface area contributed by atoms with Crippen LogP contribution in [-0.4, -0.2) is 58.8 Å². The lowest BCUT2D eigenvalue weighted by Gasteiger charge is -2.29. The molecule has 2 rings (SSSR count). The van der Waals surface area contributed by atoms with E-state index in [0.29, 0.717) is 18.8 Å². The van der Waals surface area contributed by atoms with Gasteiger partial charge in [0.1, 0.15) is 5.60 Å². The molecule has 1 heterocycles. The smallest absolute Gasteiger partial charge is 0.410 e. The minimum atomic E-state index is -0.453. The van der Waals surface area contributed by atoms with Gasteiger partial charge in [-0.2, -0.15) is 0 Å². The second-order valence-corrected chi connectivity index (χ2v) is 6.91. The highest BCUT2D eigenvalue weighted by Crippen LogP contribution is 2.16. The normalized spacial score (nSPS) is 19.9. The zero-order valence-corrected chi connectivity index (χ0v) is 14.2. The lowest BCUT2D eigenvalue weighted by atomic mass is 9.96. The first-order valence-electron chi connectivity index (χ1n) is 7.73. The van der Waals surface area contributed by atoms with Gasteiger partial charge in [0.05, 0.1) is 18.8 Å². The Hall–Kier alpha value is -1.91. The average Bonchev–Trinajstić information content (AvgIpc) is 2.36. The molecule has 0 aromatic rings. The predicted molar refractivity (Wildman–Crippen MR) is 88.0 cm³/mol. The molecule has 1 aliphatic carbocycles. The van der Waals surface area contributed by atoms with Crippen molar-refractivity contribution in [2.75, 3.05) is 26.2 Å². The topological polar surface area (TPSA) is 56.4 Å². The molecule has 0 saturated carbocycles. The standard InChI is InChI=1S/C17H26N3O2/c1-12-10-14(18)11-13(2)15(12)19-6-8-20(9-7-19)16(21)22-17(3,4)5/h10-11,18H,6-9H2,1-5H3/q+1. The third kappa shape index (κ3) is 3.84. The molecule has 0 atom stereocenters. The fourth-order valence-corrected chi connectivity index (χ4v) is 2.89. The molecule has 2 aliphatic rings. The lowest BCUT2D eigenvalue weighted by Crippen LogP contribution is -2.48. The van der Waals surface area contributed by atoms with E-state index in [1.807, 2.05) is 46.8 Å². The molecule has 22 heavy (non-hydrogen) atoms. The number of amides is 1. The number of carbonyl (C=O) groups is 1. The SMILES string of the molecule is CC1=CC(=N)C=C(C)C1=[N+]1CCN(C(=O)OC(C)(C)C)CC1. The minimum Gasteiger partial charge on any atom is -0.444 e. The monoisotopic (exact) mass is 304 g/mol. The molecular formula is C17H26N3O2+. The predicted octanol–water partition coefficient (Wildman–Crippen LogP) is 2.62. The molecule has 1 aliphatic heterocycles. The summed E-state index contributed by atoms with van der Waals surface area (Å²) >= 11 is 0. The first-order chi connectivity index (χ1) is 10.2. The fourth-order valence-electron chi connectivity index (χ4n) is 2.89. The Kier molecular flexibility index (Phi) is 4.54. The van der Waals surface area contributed by atoms with Crippen molar-refractivity contribution in [3.8, 4) is 0 Å². The van der Waals surface area contributed by atoms with Gasteiger partial charge >= 0.3 is 6.09 Å². The van der Waals surface area contributed by atoms with Crippen molar-refractivity contribution in [2.24, 2.45) is 0 Å². The Bertz CT molecular complexity index is 558. The summed E-state index contributed by atoms with van der Waals surface area (Å²) in [5.74, 6) is 0. The molecule has 1 amide bonds. The van der Waals surface area contributed by atoms with Gasteiger partial charge in [0, 0.05) is 11.1 Å². The highest BCUT2D eigenvalue weighted by atomic mass is 16.6. The van der Waals surface area contributed by atoms with Crippen LogP contribution in [0.15, 0.2) is 23.3 Å². The Labute approximate surface area is 132 Å². The van der Waals surface area contributed by atoms with Crippen LogP contribution < -0.4 is 0 Å². The number of piperazine rings is 1. The van der Waals surface area contributed by atoms with Gasteiger partial charge < -0.3 is 10.1 Å². The van der Waals surface area contributed by atoms with Crippen LogP contribution in [0.1, 0.15) is 34.6 Å². The van der Waals surface area contributed by atoms with Crippen molar-refractivity contribution in [2.45, 2.75) is 40.2 Å². The summed E-state index contributed by atoms with van der Waals surface area (Å²) < 4.78 is 7.72. The molecule has 0 aromatic carbocycles. The van der Waals surface area contributed by atoms with Crippen LogP contribution in [0, 0.1) is 5.41 Å². The maximum absolute atomic E-state index is 12.1. The third-order valence-electron chi connectivity index (χ3n) is 3.74. The number of carbonyl (C=O) groups excluding carboxylic acids is 1. The lowest BCUT2D eigenvalue weighted by molar-refractivity contribution is -0.537. The highest BCUT2D eigenvalue weighted by Gasteiger charge is 2.30. The number of hydrogen-bond acceptors (Lipinski definition) is 3. The second kappa shape index (κ2) is 6.07. The maximum Gasteiger partial charge on any atom is 0.410 e. The number of hydrogen-bond donors (Lipinski definition) is 1. The third-order valence-corrected chi connectivity index (χ3v) is 3.74. The fraction of sp³-hybridized carbons (Fsp3) is 0.588. The Morgan fingerprint density at radius 3 is 2.14 bits per heavy atom. The van der Waals surface area contributed by atoms with Gasteiger partial charge in [0.15, 0.2) is 13.1 Å². The Morgan fingerprint density at radius 2 is 1.68 bits per heavy atom. The van der Waals surface area contributed by atoms with E-state index in [1.54, 1.807) is 4.90 Å². The minimum absolute atomic E-state index is 0.234. The van der Waals surface area contributed by atoms with Crippen LogP contribution in [-0.2, 0) is 4.74 Å². The van der Waals surface area contributed by atoms with E-state index in [2.05, 4.69) is 4.58 Å². The van der Waals surface area contributed by atoms with Crippen molar-refractivity contribution in [3.05, 3.63) is 23.3 Å². The van der Waals surface area contributed by atoms with E-state index in [1.165, 1.54) is 5.71 Å². The molecule has 5 nitrogen and oxygen atoms in total. The van der Waals surface area contributed by atoms with Gasteiger partial charge in [-0.15, -0.1) is 0 Å². The summed E-state index contributed by atoms with van der Waals surface area (Å²) in [5.41, 5.74) is 3.53. The van der Waals surface area contributed by atoms with E-state index in [-0.39, 0.29) is 6.09 Å². The van der Waals surface area contributed by atoms with Gasteiger partial charge in [-0.25, -0.2) is 9.37 Å².